The van der Waals surface area contributed by atoms with Gasteiger partial charge in [-0.25, -0.2) is 0 Å². The van der Waals surface area contributed by atoms with Crippen molar-refractivity contribution < 1.29 is 19.1 Å². The van der Waals surface area contributed by atoms with Gasteiger partial charge in [-0.2, -0.15) is 0 Å². The van der Waals surface area contributed by atoms with Crippen LogP contribution in [0, 0.1) is 0 Å². The molecule has 0 aromatic heterocycles. The van der Waals surface area contributed by atoms with Gasteiger partial charge >= 0.3 is 11.9 Å². The van der Waals surface area contributed by atoms with E-state index in [0.717, 1.165) is 38.6 Å². The maximum atomic E-state index is 12.2. The van der Waals surface area contributed by atoms with Crippen LogP contribution in [0.1, 0.15) is 162 Å². The summed E-state index contributed by atoms with van der Waals surface area (Å²) in [6, 6.07) is 0. The van der Waals surface area contributed by atoms with Crippen LogP contribution < -0.4 is 5.73 Å². The summed E-state index contributed by atoms with van der Waals surface area (Å²) in [7, 11) is 0. The average molecular weight is 555 g/mol. The Labute approximate surface area is 242 Å². The number of ether oxygens (including phenoxy) is 2. The average Bonchev–Trinajstić information content (AvgIpc) is 2.94. The zero-order valence-electron chi connectivity index (χ0n) is 26.2. The summed E-state index contributed by atoms with van der Waals surface area (Å²) in [5.74, 6) is -0.292. The molecule has 0 bridgehead atoms. The summed E-state index contributed by atoms with van der Waals surface area (Å²) in [5, 5.41) is 0. The van der Waals surface area contributed by atoms with E-state index >= 15 is 0 Å². The Morgan fingerprint density at radius 3 is 1.15 bits per heavy atom. The van der Waals surface area contributed by atoms with Crippen molar-refractivity contribution in [1.29, 1.82) is 0 Å². The molecule has 6 heteroatoms. The van der Waals surface area contributed by atoms with E-state index in [4.69, 9.17) is 15.2 Å². The van der Waals surface area contributed by atoms with E-state index in [-0.39, 0.29) is 11.9 Å². The zero-order chi connectivity index (χ0) is 28.7. The Bertz CT molecular complexity index is 488. The number of rotatable bonds is 31. The Morgan fingerprint density at radius 1 is 0.487 bits per heavy atom. The number of unbranched alkanes of at least 4 members (excludes halogenated alkanes) is 18. The van der Waals surface area contributed by atoms with Gasteiger partial charge in [0, 0.05) is 13.1 Å². The van der Waals surface area contributed by atoms with Crippen molar-refractivity contribution in [3.63, 3.8) is 0 Å². The molecule has 0 heterocycles. The van der Waals surface area contributed by atoms with Gasteiger partial charge in [0.25, 0.3) is 0 Å². The Balaban J connectivity index is 3.76. The molecule has 0 saturated carbocycles. The fourth-order valence-electron chi connectivity index (χ4n) is 4.84. The topological polar surface area (TPSA) is 81.9 Å². The van der Waals surface area contributed by atoms with Crippen LogP contribution in [-0.2, 0) is 19.1 Å². The second kappa shape index (κ2) is 31.4. The van der Waals surface area contributed by atoms with Crippen LogP contribution >= 0.6 is 0 Å². The molecule has 232 valence electrons. The van der Waals surface area contributed by atoms with Crippen LogP contribution in [0.3, 0.4) is 0 Å². The molecule has 0 aromatic rings. The second-order valence-electron chi connectivity index (χ2n) is 11.3. The lowest BCUT2D eigenvalue weighted by molar-refractivity contribution is -0.144. The molecule has 0 amide bonds. The summed E-state index contributed by atoms with van der Waals surface area (Å²) >= 11 is 0. The number of carbonyl (C=O) groups is 2. The number of esters is 2. The molecule has 0 aliphatic rings. The van der Waals surface area contributed by atoms with E-state index < -0.39 is 0 Å². The van der Waals surface area contributed by atoms with Crippen LogP contribution in [-0.4, -0.2) is 56.2 Å². The molecule has 0 fully saturated rings. The first-order valence-corrected chi connectivity index (χ1v) is 16.9. The fraction of sp³-hybridized carbons (Fsp3) is 0.939. The van der Waals surface area contributed by atoms with Gasteiger partial charge in [-0.05, 0) is 32.4 Å². The summed E-state index contributed by atoms with van der Waals surface area (Å²) in [6.07, 6.45) is 26.9. The third kappa shape index (κ3) is 29.7. The highest BCUT2D eigenvalue weighted by Crippen LogP contribution is 2.12. The van der Waals surface area contributed by atoms with Gasteiger partial charge in [0.2, 0.25) is 0 Å². The molecule has 0 aromatic carbocycles. The molecule has 0 unspecified atom stereocenters. The highest BCUT2D eigenvalue weighted by molar-refractivity contribution is 5.70. The van der Waals surface area contributed by atoms with Crippen molar-refractivity contribution >= 4 is 11.9 Å². The molecular weight excluding hydrogens is 488 g/mol. The van der Waals surface area contributed by atoms with Crippen molar-refractivity contribution in [3.8, 4) is 0 Å². The van der Waals surface area contributed by atoms with E-state index in [0.29, 0.717) is 45.7 Å². The number of hydrogen-bond donors (Lipinski definition) is 1. The second-order valence-corrected chi connectivity index (χ2v) is 11.3. The van der Waals surface area contributed by atoms with Gasteiger partial charge in [-0.1, -0.05) is 129 Å². The van der Waals surface area contributed by atoms with Gasteiger partial charge in [0.15, 0.2) is 0 Å². The monoisotopic (exact) mass is 555 g/mol. The molecule has 0 spiro atoms. The Morgan fingerprint density at radius 2 is 0.821 bits per heavy atom. The minimum atomic E-state index is -0.146. The van der Waals surface area contributed by atoms with Crippen molar-refractivity contribution in [2.45, 2.75) is 162 Å². The van der Waals surface area contributed by atoms with Crippen molar-refractivity contribution in [1.82, 2.24) is 4.90 Å². The maximum absolute atomic E-state index is 12.2. The summed E-state index contributed by atoms with van der Waals surface area (Å²) < 4.78 is 10.9. The van der Waals surface area contributed by atoms with E-state index in [9.17, 15) is 9.59 Å². The van der Waals surface area contributed by atoms with Crippen molar-refractivity contribution in [2.24, 2.45) is 5.73 Å². The molecule has 0 rings (SSSR count). The van der Waals surface area contributed by atoms with Gasteiger partial charge in [-0.3, -0.25) is 9.59 Å². The normalized spacial score (nSPS) is 11.3. The Kier molecular flexibility index (Phi) is 30.5. The number of carbonyl (C=O) groups excluding carboxylic acids is 2. The highest BCUT2D eigenvalue weighted by atomic mass is 16.5. The molecule has 0 atom stereocenters. The predicted octanol–water partition coefficient (Wildman–Crippen LogP) is 8.35. The number of hydrogen-bond acceptors (Lipinski definition) is 6. The third-order valence-corrected chi connectivity index (χ3v) is 7.46. The number of nitrogens with zero attached hydrogens (tertiary/aromatic N) is 1. The van der Waals surface area contributed by atoms with Crippen LogP contribution in [0.25, 0.3) is 0 Å². The summed E-state index contributed by atoms with van der Waals surface area (Å²) in [5.41, 5.74) is 5.68. The van der Waals surface area contributed by atoms with Gasteiger partial charge in [-0.15, -0.1) is 0 Å². The third-order valence-electron chi connectivity index (χ3n) is 7.46. The largest absolute Gasteiger partial charge is 0.466 e. The minimum Gasteiger partial charge on any atom is -0.466 e. The first-order valence-electron chi connectivity index (χ1n) is 16.9. The lowest BCUT2D eigenvalue weighted by Gasteiger charge is -2.21. The maximum Gasteiger partial charge on any atom is 0.307 e. The van der Waals surface area contributed by atoms with E-state index in [2.05, 4.69) is 18.7 Å². The van der Waals surface area contributed by atoms with Crippen LogP contribution in [0.5, 0.6) is 0 Å². The predicted molar refractivity (Wildman–Crippen MR) is 165 cm³/mol. The van der Waals surface area contributed by atoms with E-state index in [1.54, 1.807) is 0 Å². The lowest BCUT2D eigenvalue weighted by atomic mass is 10.1. The molecule has 0 radical (unpaired) electrons. The first kappa shape index (κ1) is 37.9. The molecule has 2 N–H and O–H groups in total. The van der Waals surface area contributed by atoms with Gasteiger partial charge < -0.3 is 20.1 Å². The molecule has 0 aliphatic heterocycles. The smallest absolute Gasteiger partial charge is 0.307 e. The van der Waals surface area contributed by atoms with Crippen LogP contribution in [0.2, 0.25) is 0 Å². The quantitative estimate of drug-likeness (QED) is 0.0685. The summed E-state index contributed by atoms with van der Waals surface area (Å²) in [4.78, 5) is 26.5. The van der Waals surface area contributed by atoms with Gasteiger partial charge in [0.1, 0.15) is 0 Å². The van der Waals surface area contributed by atoms with Crippen molar-refractivity contribution in [3.05, 3.63) is 0 Å². The highest BCUT2D eigenvalue weighted by Gasteiger charge is 2.12. The molecule has 0 aliphatic carbocycles. The van der Waals surface area contributed by atoms with E-state index in [1.807, 2.05) is 0 Å². The standard InChI is InChI=1S/C33H66N2O4/c1-3-5-7-9-11-13-15-17-19-21-30-38-32(36)24-28-35(27-23-26-34)29-25-33(37)39-31-22-20-18-16-14-12-10-8-6-4-2/h3-31,34H2,1-2H3. The Hall–Kier alpha value is -1.14. The van der Waals surface area contributed by atoms with Crippen molar-refractivity contribution in [2.75, 3.05) is 39.4 Å². The number of nitrogens with two attached hydrogens (primary N) is 1. The molecule has 39 heavy (non-hydrogen) atoms. The van der Waals surface area contributed by atoms with Crippen LogP contribution in [0.4, 0.5) is 0 Å². The zero-order valence-corrected chi connectivity index (χ0v) is 26.2. The minimum absolute atomic E-state index is 0.146. The van der Waals surface area contributed by atoms with Gasteiger partial charge in [0.05, 0.1) is 26.1 Å². The van der Waals surface area contributed by atoms with E-state index in [1.165, 1.54) is 103 Å². The molecular formula is C33H66N2O4. The molecule has 6 nitrogen and oxygen atoms in total. The van der Waals surface area contributed by atoms with Crippen LogP contribution in [0.15, 0.2) is 0 Å². The molecule has 0 saturated heterocycles. The first-order chi connectivity index (χ1) is 19.1. The lowest BCUT2D eigenvalue weighted by Crippen LogP contribution is -2.31. The SMILES string of the molecule is CCCCCCCCCCCCOC(=O)CCN(CCCN)CCC(=O)OCCCCCCCCCCCC. The summed E-state index contributed by atoms with van der Waals surface area (Å²) in [6.45, 7) is 8.13. The fourth-order valence-corrected chi connectivity index (χ4v) is 4.84.